The summed E-state index contributed by atoms with van der Waals surface area (Å²) in [4.78, 5) is 9.89. The highest BCUT2D eigenvalue weighted by Gasteiger charge is 2.02. The minimum Gasteiger partial charge on any atom is -0.370 e. The molecule has 6 heteroatoms. The van der Waals surface area contributed by atoms with Crippen LogP contribution >= 0.6 is 35.3 Å². The van der Waals surface area contributed by atoms with E-state index in [2.05, 4.69) is 28.8 Å². The highest BCUT2D eigenvalue weighted by molar-refractivity contribution is 14.0. The second-order valence-electron chi connectivity index (χ2n) is 4.08. The molecule has 0 aliphatic carbocycles. The predicted octanol–water partition coefficient (Wildman–Crippen LogP) is 2.40. The average Bonchev–Trinajstić information content (AvgIpc) is 2.55. The van der Waals surface area contributed by atoms with Gasteiger partial charge in [0.1, 0.15) is 0 Å². The van der Waals surface area contributed by atoms with Crippen molar-refractivity contribution in [3.05, 3.63) is 27.7 Å². The van der Waals surface area contributed by atoms with E-state index in [0.717, 1.165) is 29.2 Å². The molecule has 3 N–H and O–H groups in total. The smallest absolute Gasteiger partial charge is 0.188 e. The van der Waals surface area contributed by atoms with E-state index in [1.165, 1.54) is 4.88 Å². The van der Waals surface area contributed by atoms with Crippen molar-refractivity contribution in [2.45, 2.75) is 27.2 Å². The van der Waals surface area contributed by atoms with E-state index in [0.29, 0.717) is 12.5 Å². The Kier molecular flexibility index (Phi) is 8.17. The number of nitrogens with zero attached hydrogens (tertiary/aromatic N) is 2. The summed E-state index contributed by atoms with van der Waals surface area (Å²) in [6, 6.07) is 0. The third kappa shape index (κ3) is 6.34. The van der Waals surface area contributed by atoms with Crippen LogP contribution in [0.4, 0.5) is 0 Å². The molecule has 4 nitrogen and oxygen atoms in total. The molecule has 1 heterocycles. The van der Waals surface area contributed by atoms with E-state index in [9.17, 15) is 0 Å². The van der Waals surface area contributed by atoms with Crippen LogP contribution in [0.5, 0.6) is 0 Å². The monoisotopic (exact) mass is 380 g/mol. The van der Waals surface area contributed by atoms with Gasteiger partial charge in [0.25, 0.3) is 0 Å². The standard InChI is InChI=1S/C12H20N4S.HI/c1-8(2)7-15-12(13)14-6-5-11-16-9(3)10(4)17-11;/h1,5-7H2,2-4H3,(H3,13,14,15);1H. The lowest BCUT2D eigenvalue weighted by Gasteiger charge is -2.03. The maximum Gasteiger partial charge on any atom is 0.188 e. The molecular formula is C12H21IN4S. The first kappa shape index (κ1) is 17.4. The van der Waals surface area contributed by atoms with Gasteiger partial charge in [-0.3, -0.25) is 0 Å². The van der Waals surface area contributed by atoms with Crippen molar-refractivity contribution in [3.8, 4) is 0 Å². The number of guanidine groups is 1. The van der Waals surface area contributed by atoms with Crippen molar-refractivity contribution in [2.75, 3.05) is 13.1 Å². The Balaban J connectivity index is 0.00000289. The molecule has 0 atom stereocenters. The second-order valence-corrected chi connectivity index (χ2v) is 5.37. The Bertz CT molecular complexity index is 406. The highest BCUT2D eigenvalue weighted by atomic mass is 127. The van der Waals surface area contributed by atoms with Crippen LogP contribution < -0.4 is 11.1 Å². The van der Waals surface area contributed by atoms with Gasteiger partial charge in [0, 0.05) is 17.8 Å². The summed E-state index contributed by atoms with van der Waals surface area (Å²) in [6.45, 7) is 11.2. The molecule has 0 amide bonds. The Hall–Kier alpha value is -0.630. The summed E-state index contributed by atoms with van der Waals surface area (Å²) in [6.07, 6.45) is 0.878. The lowest BCUT2D eigenvalue weighted by atomic mass is 10.4. The molecule has 0 saturated carbocycles. The molecule has 0 aliphatic heterocycles. The van der Waals surface area contributed by atoms with Crippen LogP contribution in [0.25, 0.3) is 0 Å². The highest BCUT2D eigenvalue weighted by Crippen LogP contribution is 2.16. The van der Waals surface area contributed by atoms with Crippen LogP contribution in [-0.4, -0.2) is 24.0 Å². The van der Waals surface area contributed by atoms with Crippen LogP contribution in [0.15, 0.2) is 17.1 Å². The van der Waals surface area contributed by atoms with Gasteiger partial charge in [0.2, 0.25) is 0 Å². The van der Waals surface area contributed by atoms with Gasteiger partial charge in [0.05, 0.1) is 17.2 Å². The van der Waals surface area contributed by atoms with Gasteiger partial charge in [-0.2, -0.15) is 0 Å². The number of hydrogen-bond acceptors (Lipinski definition) is 3. The zero-order valence-electron chi connectivity index (χ0n) is 11.1. The first-order chi connectivity index (χ1) is 7.99. The van der Waals surface area contributed by atoms with E-state index < -0.39 is 0 Å². The number of aryl methyl sites for hydroxylation is 2. The van der Waals surface area contributed by atoms with Crippen LogP contribution in [-0.2, 0) is 6.42 Å². The van der Waals surface area contributed by atoms with Gasteiger partial charge in [-0.1, -0.05) is 12.2 Å². The Morgan fingerprint density at radius 2 is 2.17 bits per heavy atom. The molecule has 1 rings (SSSR count). The van der Waals surface area contributed by atoms with Crippen molar-refractivity contribution in [1.29, 1.82) is 0 Å². The lowest BCUT2D eigenvalue weighted by molar-refractivity contribution is 0.843. The Labute approximate surface area is 130 Å². The Morgan fingerprint density at radius 3 is 2.67 bits per heavy atom. The molecular weight excluding hydrogens is 359 g/mol. The largest absolute Gasteiger partial charge is 0.370 e. The number of nitrogens with two attached hydrogens (primary N) is 1. The number of halogens is 1. The maximum atomic E-state index is 5.70. The van der Waals surface area contributed by atoms with Crippen LogP contribution in [0.2, 0.25) is 0 Å². The van der Waals surface area contributed by atoms with Gasteiger partial charge in [-0.05, 0) is 20.8 Å². The molecule has 0 aromatic carbocycles. The third-order valence-electron chi connectivity index (χ3n) is 2.24. The summed E-state index contributed by atoms with van der Waals surface area (Å²) in [7, 11) is 0. The number of nitrogens with one attached hydrogen (secondary N) is 1. The molecule has 0 radical (unpaired) electrons. The molecule has 0 spiro atoms. The second kappa shape index (κ2) is 8.47. The van der Waals surface area contributed by atoms with Crippen LogP contribution in [0, 0.1) is 13.8 Å². The fraction of sp³-hybridized carbons (Fsp3) is 0.500. The number of thiazole rings is 1. The number of aliphatic imine (C=N–C) groups is 1. The van der Waals surface area contributed by atoms with Gasteiger partial charge in [0.15, 0.2) is 5.96 Å². The minimum absolute atomic E-state index is 0. The molecule has 0 aliphatic rings. The summed E-state index contributed by atoms with van der Waals surface area (Å²) in [5.74, 6) is 0.470. The molecule has 0 unspecified atom stereocenters. The molecule has 18 heavy (non-hydrogen) atoms. The quantitative estimate of drug-likeness (QED) is 0.357. The zero-order valence-corrected chi connectivity index (χ0v) is 14.3. The van der Waals surface area contributed by atoms with E-state index in [-0.39, 0.29) is 24.0 Å². The summed E-state index contributed by atoms with van der Waals surface area (Å²) in [5.41, 5.74) is 7.82. The molecule has 0 bridgehead atoms. The van der Waals surface area contributed by atoms with Gasteiger partial charge >= 0.3 is 0 Å². The third-order valence-corrected chi connectivity index (χ3v) is 3.37. The van der Waals surface area contributed by atoms with Crippen LogP contribution in [0.3, 0.4) is 0 Å². The summed E-state index contributed by atoms with van der Waals surface area (Å²) in [5, 5.41) is 4.21. The van der Waals surface area contributed by atoms with Gasteiger partial charge in [-0.15, -0.1) is 35.3 Å². The van der Waals surface area contributed by atoms with Crippen molar-refractivity contribution in [1.82, 2.24) is 10.3 Å². The lowest BCUT2D eigenvalue weighted by Crippen LogP contribution is -2.33. The number of hydrogen-bond donors (Lipinski definition) is 2. The van der Waals surface area contributed by atoms with Gasteiger partial charge in [-0.25, -0.2) is 9.98 Å². The SMILES string of the molecule is C=C(C)CN=C(N)NCCc1nc(C)c(C)s1.I. The van der Waals surface area contributed by atoms with E-state index in [1.807, 2.05) is 13.8 Å². The van der Waals surface area contributed by atoms with Gasteiger partial charge < -0.3 is 11.1 Å². The minimum atomic E-state index is 0. The van der Waals surface area contributed by atoms with Crippen LogP contribution in [0.1, 0.15) is 22.5 Å². The number of rotatable bonds is 5. The first-order valence-electron chi connectivity index (χ1n) is 5.60. The van der Waals surface area contributed by atoms with E-state index in [1.54, 1.807) is 11.3 Å². The first-order valence-corrected chi connectivity index (χ1v) is 6.41. The summed E-state index contributed by atoms with van der Waals surface area (Å²) >= 11 is 1.74. The predicted molar refractivity (Wildman–Crippen MR) is 90.0 cm³/mol. The molecule has 0 fully saturated rings. The van der Waals surface area contributed by atoms with Crippen molar-refractivity contribution in [3.63, 3.8) is 0 Å². The molecule has 102 valence electrons. The number of aromatic nitrogens is 1. The van der Waals surface area contributed by atoms with E-state index in [4.69, 9.17) is 5.73 Å². The maximum absolute atomic E-state index is 5.70. The summed E-state index contributed by atoms with van der Waals surface area (Å²) < 4.78 is 0. The topological polar surface area (TPSA) is 63.3 Å². The normalized spacial score (nSPS) is 10.9. The van der Waals surface area contributed by atoms with Crippen molar-refractivity contribution < 1.29 is 0 Å². The molecule has 1 aromatic heterocycles. The Morgan fingerprint density at radius 1 is 1.50 bits per heavy atom. The van der Waals surface area contributed by atoms with E-state index >= 15 is 0 Å². The van der Waals surface area contributed by atoms with Crippen molar-refractivity contribution >= 4 is 41.3 Å². The average molecular weight is 380 g/mol. The molecule has 0 saturated heterocycles. The van der Waals surface area contributed by atoms with Crippen molar-refractivity contribution in [2.24, 2.45) is 10.7 Å². The fourth-order valence-electron chi connectivity index (χ4n) is 1.22. The zero-order chi connectivity index (χ0) is 12.8. The fourth-order valence-corrected chi connectivity index (χ4v) is 2.15. The molecule has 1 aromatic rings.